The molecule has 11 heteroatoms. The van der Waals surface area contributed by atoms with Crippen molar-refractivity contribution in [2.45, 2.75) is 70.4 Å². The number of rotatable bonds is 8. The van der Waals surface area contributed by atoms with Crippen LogP contribution in [0.4, 0.5) is 8.78 Å². The number of aryl methyl sites for hydroxylation is 1. The van der Waals surface area contributed by atoms with Crippen molar-refractivity contribution in [3.63, 3.8) is 0 Å². The van der Waals surface area contributed by atoms with E-state index in [2.05, 4.69) is 10.3 Å². The van der Waals surface area contributed by atoms with Gasteiger partial charge in [0.1, 0.15) is 18.8 Å². The first-order valence-corrected chi connectivity index (χ1v) is 13.4. The number of halogens is 2. The summed E-state index contributed by atoms with van der Waals surface area (Å²) in [6, 6.07) is 10.3. The molecule has 3 atom stereocenters. The van der Waals surface area contributed by atoms with Gasteiger partial charge >= 0.3 is 5.69 Å². The lowest BCUT2D eigenvalue weighted by molar-refractivity contribution is -0.139. The van der Waals surface area contributed by atoms with Gasteiger partial charge in [-0.3, -0.25) is 23.5 Å². The maximum atomic E-state index is 14.8. The Morgan fingerprint density at radius 3 is 2.50 bits per heavy atom. The molecule has 9 nitrogen and oxygen atoms in total. The lowest BCUT2D eigenvalue weighted by atomic mass is 10.0. The number of carbonyl (C=O) groups is 2. The standard InChI is InChI=1S/C29H31F2N5O4/c1-3-35-28(39)17(2)14-34(29(35)40)16-24(37)36-15-20(30)13-23(36)27(38)33-25(19-7-5-4-6-8-19)22-12-11-21(18-9-10-18)26(31)32-22/h4-8,11-12,14,18,20,23,25H,3,9-10,13,15-16H2,1-2H3,(H,33,38). The van der Waals surface area contributed by atoms with Crippen LogP contribution < -0.4 is 16.6 Å². The summed E-state index contributed by atoms with van der Waals surface area (Å²) in [4.78, 5) is 57.0. The normalized spacial score (nSPS) is 19.4. The third kappa shape index (κ3) is 5.45. The van der Waals surface area contributed by atoms with E-state index >= 15 is 0 Å². The zero-order valence-electron chi connectivity index (χ0n) is 22.3. The molecule has 1 N–H and O–H groups in total. The number of carbonyl (C=O) groups excluding carboxylic acids is 2. The predicted molar refractivity (Wildman–Crippen MR) is 143 cm³/mol. The van der Waals surface area contributed by atoms with Gasteiger partial charge in [-0.2, -0.15) is 4.39 Å². The molecule has 3 unspecified atom stereocenters. The number of nitrogens with one attached hydrogen (secondary N) is 1. The molecule has 5 rings (SSSR count). The Bertz CT molecular complexity index is 1550. The van der Waals surface area contributed by atoms with Crippen molar-refractivity contribution in [3.8, 4) is 0 Å². The van der Waals surface area contributed by atoms with Crippen LogP contribution in [-0.4, -0.2) is 49.6 Å². The first-order chi connectivity index (χ1) is 19.2. The summed E-state index contributed by atoms with van der Waals surface area (Å²) in [6.07, 6.45) is 1.47. The number of benzene rings is 1. The van der Waals surface area contributed by atoms with Gasteiger partial charge in [-0.1, -0.05) is 36.4 Å². The number of aromatic nitrogens is 3. The van der Waals surface area contributed by atoms with Crippen LogP contribution in [-0.2, 0) is 22.7 Å². The Labute approximate surface area is 229 Å². The monoisotopic (exact) mass is 551 g/mol. The van der Waals surface area contributed by atoms with Crippen molar-refractivity contribution < 1.29 is 18.4 Å². The summed E-state index contributed by atoms with van der Waals surface area (Å²) in [5, 5.41) is 2.86. The Kier molecular flexibility index (Phi) is 7.64. The molecule has 3 heterocycles. The zero-order valence-corrected chi connectivity index (χ0v) is 22.3. The number of pyridine rings is 1. The van der Waals surface area contributed by atoms with Gasteiger partial charge in [-0.25, -0.2) is 14.2 Å². The molecule has 3 aromatic rings. The lowest BCUT2D eigenvalue weighted by Gasteiger charge is -2.27. The summed E-state index contributed by atoms with van der Waals surface area (Å²) >= 11 is 0. The van der Waals surface area contributed by atoms with Crippen molar-refractivity contribution in [1.82, 2.24) is 24.3 Å². The Morgan fingerprint density at radius 1 is 1.12 bits per heavy atom. The van der Waals surface area contributed by atoms with Crippen molar-refractivity contribution in [2.24, 2.45) is 0 Å². The fourth-order valence-corrected chi connectivity index (χ4v) is 5.27. The quantitative estimate of drug-likeness (QED) is 0.434. The molecule has 1 saturated carbocycles. The molecular formula is C29H31F2N5O4. The number of hydrogen-bond donors (Lipinski definition) is 1. The molecular weight excluding hydrogens is 520 g/mol. The lowest BCUT2D eigenvalue weighted by Crippen LogP contribution is -2.49. The first kappa shape index (κ1) is 27.4. The van der Waals surface area contributed by atoms with Gasteiger partial charge in [0, 0.05) is 30.3 Å². The third-order valence-corrected chi connectivity index (χ3v) is 7.54. The maximum absolute atomic E-state index is 14.8. The highest BCUT2D eigenvalue weighted by Crippen LogP contribution is 2.41. The number of likely N-dealkylation sites (tertiary alicyclic amines) is 1. The SMILES string of the molecule is CCn1c(=O)c(C)cn(CC(=O)N2CC(F)CC2C(=O)NC(c2ccccc2)c2ccc(C3CC3)c(F)n2)c1=O. The molecule has 1 aliphatic heterocycles. The number of amides is 2. The summed E-state index contributed by atoms with van der Waals surface area (Å²) in [5.74, 6) is -1.65. The van der Waals surface area contributed by atoms with Gasteiger partial charge in [0.25, 0.3) is 5.56 Å². The number of hydrogen-bond acceptors (Lipinski definition) is 5. The fraction of sp³-hybridized carbons (Fsp3) is 0.414. The van der Waals surface area contributed by atoms with Crippen LogP contribution in [0.15, 0.2) is 58.3 Å². The van der Waals surface area contributed by atoms with E-state index in [0.717, 1.165) is 26.9 Å². The van der Waals surface area contributed by atoms with Crippen LogP contribution in [0.25, 0.3) is 0 Å². The maximum Gasteiger partial charge on any atom is 0.331 e. The van der Waals surface area contributed by atoms with Crippen LogP contribution in [0.5, 0.6) is 0 Å². The smallest absolute Gasteiger partial charge is 0.331 e. The molecule has 0 spiro atoms. The van der Waals surface area contributed by atoms with Gasteiger partial charge < -0.3 is 10.2 Å². The molecule has 1 aromatic carbocycles. The zero-order chi connectivity index (χ0) is 28.6. The van der Waals surface area contributed by atoms with Crippen LogP contribution in [0, 0.1) is 12.9 Å². The minimum atomic E-state index is -1.44. The van der Waals surface area contributed by atoms with E-state index in [1.165, 1.54) is 13.1 Å². The largest absolute Gasteiger partial charge is 0.342 e. The minimum Gasteiger partial charge on any atom is -0.342 e. The molecule has 210 valence electrons. The topological polar surface area (TPSA) is 106 Å². The van der Waals surface area contributed by atoms with Crippen LogP contribution >= 0.6 is 0 Å². The highest BCUT2D eigenvalue weighted by Gasteiger charge is 2.41. The van der Waals surface area contributed by atoms with E-state index < -0.39 is 53.8 Å². The van der Waals surface area contributed by atoms with Crippen LogP contribution in [0.2, 0.25) is 0 Å². The van der Waals surface area contributed by atoms with Gasteiger partial charge in [0.15, 0.2) is 0 Å². The molecule has 0 radical (unpaired) electrons. The van der Waals surface area contributed by atoms with E-state index in [-0.39, 0.29) is 36.7 Å². The van der Waals surface area contributed by atoms with Crippen molar-refractivity contribution in [2.75, 3.05) is 6.54 Å². The van der Waals surface area contributed by atoms with Gasteiger partial charge in [0.05, 0.1) is 18.3 Å². The second-order valence-corrected chi connectivity index (χ2v) is 10.4. The van der Waals surface area contributed by atoms with E-state index in [9.17, 15) is 28.0 Å². The molecule has 1 saturated heterocycles. The second kappa shape index (κ2) is 11.1. The second-order valence-electron chi connectivity index (χ2n) is 10.4. The van der Waals surface area contributed by atoms with Gasteiger partial charge in [-0.15, -0.1) is 0 Å². The molecule has 2 aromatic heterocycles. The summed E-state index contributed by atoms with van der Waals surface area (Å²) in [5.41, 5.74) is 0.674. The highest BCUT2D eigenvalue weighted by molar-refractivity contribution is 5.88. The highest BCUT2D eigenvalue weighted by atomic mass is 19.1. The van der Waals surface area contributed by atoms with Crippen LogP contribution in [0.3, 0.4) is 0 Å². The van der Waals surface area contributed by atoms with Gasteiger partial charge in [-0.05, 0) is 44.2 Å². The molecule has 2 amide bonds. The molecule has 0 bridgehead atoms. The number of alkyl halides is 1. The average molecular weight is 552 g/mol. The Hall–Kier alpha value is -4.15. The van der Waals surface area contributed by atoms with E-state index in [4.69, 9.17) is 0 Å². The van der Waals surface area contributed by atoms with Gasteiger partial charge in [0.2, 0.25) is 17.8 Å². The van der Waals surface area contributed by atoms with Crippen molar-refractivity contribution in [3.05, 3.63) is 97.8 Å². The molecule has 40 heavy (non-hydrogen) atoms. The molecule has 2 aliphatic rings. The minimum absolute atomic E-state index is 0.131. The summed E-state index contributed by atoms with van der Waals surface area (Å²) < 4.78 is 31.6. The summed E-state index contributed by atoms with van der Waals surface area (Å²) in [7, 11) is 0. The van der Waals surface area contributed by atoms with Crippen molar-refractivity contribution in [1.29, 1.82) is 0 Å². The molecule has 1 aliphatic carbocycles. The predicted octanol–water partition coefficient (Wildman–Crippen LogP) is 2.59. The average Bonchev–Trinajstić information content (AvgIpc) is 3.70. The van der Waals surface area contributed by atoms with Crippen LogP contribution in [0.1, 0.15) is 60.5 Å². The van der Waals surface area contributed by atoms with Crippen molar-refractivity contribution >= 4 is 11.8 Å². The third-order valence-electron chi connectivity index (χ3n) is 7.54. The Morgan fingerprint density at radius 2 is 1.85 bits per heavy atom. The number of nitrogens with zero attached hydrogens (tertiary/aromatic N) is 4. The fourth-order valence-electron chi connectivity index (χ4n) is 5.27. The van der Waals surface area contributed by atoms with E-state index in [1.807, 2.05) is 6.07 Å². The van der Waals surface area contributed by atoms with E-state index in [0.29, 0.717) is 11.1 Å². The first-order valence-electron chi connectivity index (χ1n) is 13.4. The summed E-state index contributed by atoms with van der Waals surface area (Å²) in [6.45, 7) is 2.56. The Balaban J connectivity index is 1.40. The molecule has 2 fully saturated rings. The van der Waals surface area contributed by atoms with E-state index in [1.54, 1.807) is 43.3 Å².